The topological polar surface area (TPSA) is 349 Å². The van der Waals surface area contributed by atoms with Crippen molar-refractivity contribution in [3.63, 3.8) is 0 Å². The molecule has 3 aliphatic rings. The first-order valence-electron chi connectivity index (χ1n) is 19.2. The van der Waals surface area contributed by atoms with Gasteiger partial charge in [-0.2, -0.15) is 4.98 Å². The fourth-order valence-corrected chi connectivity index (χ4v) is 11.5. The number of rotatable bonds is 11. The number of aliphatic hydroxyl groups excluding tert-OH is 1. The minimum absolute atomic E-state index is 0.0611. The highest BCUT2D eigenvalue weighted by Crippen LogP contribution is 2.66. The van der Waals surface area contributed by atoms with E-state index in [0.717, 1.165) is 0 Å². The van der Waals surface area contributed by atoms with Crippen molar-refractivity contribution in [1.82, 2.24) is 39.0 Å². The zero-order valence-electron chi connectivity index (χ0n) is 34.5. The number of H-pyrrole nitrogens is 1. The van der Waals surface area contributed by atoms with Gasteiger partial charge in [0.1, 0.15) is 42.4 Å². The summed E-state index contributed by atoms with van der Waals surface area (Å²) < 4.78 is 95.4. The molecular weight excluding hydrogens is 902 g/mol. The predicted octanol–water partition coefficient (Wildman–Crippen LogP) is 3.17. The van der Waals surface area contributed by atoms with Crippen molar-refractivity contribution in [3.05, 3.63) is 29.3 Å². The van der Waals surface area contributed by atoms with Gasteiger partial charge in [-0.05, 0) is 34.1 Å². The van der Waals surface area contributed by atoms with Crippen LogP contribution in [-0.4, -0.2) is 132 Å². The monoisotopic (exact) mass is 948 g/mol. The summed E-state index contributed by atoms with van der Waals surface area (Å²) in [5.74, 6) is -0.811. The average Bonchev–Trinajstić information content (AvgIpc) is 3.96. The number of aromatic nitrogens is 8. The minimum atomic E-state index is -5.01. The third-order valence-electron chi connectivity index (χ3n) is 9.98. The number of hydrogen-bond acceptors (Lipinski definition) is 25. The van der Waals surface area contributed by atoms with Gasteiger partial charge < -0.3 is 49.6 Å². The van der Waals surface area contributed by atoms with Crippen molar-refractivity contribution >= 4 is 72.4 Å². The third-order valence-corrected chi connectivity index (χ3v) is 14.7. The van der Waals surface area contributed by atoms with E-state index in [9.17, 15) is 19.5 Å². The molecule has 6 heterocycles. The molecule has 4 aromatic heterocycles. The van der Waals surface area contributed by atoms with Crippen LogP contribution in [0.15, 0.2) is 23.8 Å². The van der Waals surface area contributed by atoms with Gasteiger partial charge in [-0.15, -0.1) is 0 Å². The van der Waals surface area contributed by atoms with Crippen LogP contribution < -0.4 is 17.0 Å². The van der Waals surface area contributed by atoms with Gasteiger partial charge in [0, 0.05) is 23.9 Å². The number of nitrogens with zero attached hydrogens (tertiary/aromatic N) is 7. The van der Waals surface area contributed by atoms with Gasteiger partial charge in [-0.3, -0.25) is 32.4 Å². The molecule has 2 unspecified atom stereocenters. The molecule has 10 atom stereocenters. The van der Waals surface area contributed by atoms with Crippen molar-refractivity contribution in [2.75, 3.05) is 44.5 Å². The summed E-state index contributed by atoms with van der Waals surface area (Å²) in [4.78, 5) is 60.7. The number of aliphatic hydroxyl groups is 1. The van der Waals surface area contributed by atoms with Crippen molar-refractivity contribution in [1.29, 1.82) is 0 Å². The Labute approximate surface area is 360 Å². The van der Waals surface area contributed by atoms with Crippen LogP contribution in [0.2, 0.25) is 0 Å². The van der Waals surface area contributed by atoms with Crippen LogP contribution in [0, 0.1) is 5.41 Å². The number of nitrogens with two attached hydrogens (primary N) is 2. The number of methoxy groups -OCH3 is 1. The third kappa shape index (κ3) is 9.95. The van der Waals surface area contributed by atoms with E-state index in [-0.39, 0.29) is 40.5 Å². The summed E-state index contributed by atoms with van der Waals surface area (Å²) in [6.45, 7) is 1.10. The van der Waals surface area contributed by atoms with E-state index < -0.39 is 119 Å². The maximum absolute atomic E-state index is 15.0. The number of imidazole rings is 2. The zero-order chi connectivity index (χ0) is 45.4. The molecule has 1 saturated carbocycles. The van der Waals surface area contributed by atoms with Crippen LogP contribution in [0.3, 0.4) is 0 Å². The lowest BCUT2D eigenvalue weighted by atomic mass is 9.87. The lowest BCUT2D eigenvalue weighted by Gasteiger charge is -2.35. The highest BCUT2D eigenvalue weighted by Gasteiger charge is 2.58. The maximum Gasteiger partial charge on any atom is 0.510 e. The number of carbonyl (C=O) groups is 2. The number of aromatic amines is 1. The molecule has 6 N–H and O–H groups in total. The smallest absolute Gasteiger partial charge is 0.432 e. The summed E-state index contributed by atoms with van der Waals surface area (Å²) in [6, 6.07) is -0.943. The van der Waals surface area contributed by atoms with Crippen LogP contribution in [0.4, 0.5) is 21.4 Å². The summed E-state index contributed by atoms with van der Waals surface area (Å²) in [7, 11) is -3.75. The Morgan fingerprint density at radius 1 is 1.00 bits per heavy atom. The Balaban J connectivity index is 1.30. The van der Waals surface area contributed by atoms with Gasteiger partial charge in [0.15, 0.2) is 34.8 Å². The molecule has 346 valence electrons. The largest absolute Gasteiger partial charge is 0.510 e. The molecule has 3 fully saturated rings. The van der Waals surface area contributed by atoms with Gasteiger partial charge in [0.25, 0.3) is 5.56 Å². The molecule has 0 aromatic carbocycles. The van der Waals surface area contributed by atoms with Gasteiger partial charge >= 0.3 is 26.9 Å². The van der Waals surface area contributed by atoms with Crippen molar-refractivity contribution in [2.24, 2.45) is 5.41 Å². The van der Waals surface area contributed by atoms with Crippen molar-refractivity contribution in [3.8, 4) is 0 Å². The number of phosphoric acid groups is 1. The molecular formula is C33H46N10O17P2S. The number of phosphoric ester groups is 1. The Morgan fingerprint density at radius 3 is 2.41 bits per heavy atom. The first kappa shape index (κ1) is 46.5. The van der Waals surface area contributed by atoms with Crippen LogP contribution in [0.5, 0.6) is 0 Å². The van der Waals surface area contributed by atoms with Crippen LogP contribution in [-0.2, 0) is 60.2 Å². The molecule has 4 aromatic rings. The van der Waals surface area contributed by atoms with Gasteiger partial charge in [-0.25, -0.2) is 43.2 Å². The lowest BCUT2D eigenvalue weighted by Crippen LogP contribution is -2.39. The van der Waals surface area contributed by atoms with Gasteiger partial charge in [-0.1, -0.05) is 6.92 Å². The fraction of sp³-hybridized carbons (Fsp3) is 0.636. The second-order valence-corrected chi connectivity index (χ2v) is 20.8. The molecule has 1 aliphatic carbocycles. The molecule has 27 nitrogen and oxygen atoms in total. The molecule has 2 aliphatic heterocycles. The molecule has 7 rings (SSSR count). The summed E-state index contributed by atoms with van der Waals surface area (Å²) in [5, 5.41) is 12.1. The highest BCUT2D eigenvalue weighted by atomic mass is 32.7. The molecule has 0 radical (unpaired) electrons. The Morgan fingerprint density at radius 2 is 1.70 bits per heavy atom. The second kappa shape index (κ2) is 18.6. The van der Waals surface area contributed by atoms with Gasteiger partial charge in [0.05, 0.1) is 44.1 Å². The van der Waals surface area contributed by atoms with E-state index in [2.05, 4.69) is 29.9 Å². The number of ether oxygens (including phenoxy) is 6. The quantitative estimate of drug-likeness (QED) is 0.0952. The molecule has 2 bridgehead atoms. The van der Waals surface area contributed by atoms with Gasteiger partial charge in [0.2, 0.25) is 12.7 Å². The second-order valence-electron chi connectivity index (χ2n) is 15.2. The van der Waals surface area contributed by atoms with E-state index >= 15 is 9.13 Å². The van der Waals surface area contributed by atoms with E-state index in [1.807, 2.05) is 0 Å². The van der Waals surface area contributed by atoms with Crippen molar-refractivity contribution in [2.45, 2.75) is 96.0 Å². The average molecular weight is 949 g/mol. The van der Waals surface area contributed by atoms with Crippen LogP contribution in [0.1, 0.15) is 53.3 Å². The van der Waals surface area contributed by atoms with Crippen LogP contribution in [0.25, 0.3) is 22.3 Å². The van der Waals surface area contributed by atoms with E-state index in [4.69, 9.17) is 62.5 Å². The Bertz CT molecular complexity index is 2470. The zero-order valence-corrected chi connectivity index (χ0v) is 37.1. The Hall–Kier alpha value is -4.47. The minimum Gasteiger partial charge on any atom is -0.432 e. The number of carbonyl (C=O) groups excluding carboxylic acids is 2. The SMILES string of the molecule is CO[C@H]1[C@H]2OP(=O)(OCOC(=O)OC(C)C)OC[C@@]3(C)C[C@@H](n4cnc5c(N)ncnc54)[C@H](O)[C@@H]3OP(=O)(SCOC(=O)OC(C)C)OC[C@H]1O[C@H]2n1cnc2c(=O)[nH]c(N)nc21. The van der Waals surface area contributed by atoms with Crippen LogP contribution >= 0.6 is 26.0 Å². The normalized spacial score (nSPS) is 31.3. The number of nitrogen functional groups attached to an aromatic ring is 2. The molecule has 0 spiro atoms. The number of fused-ring (bicyclic) bond motifs is 5. The fourth-order valence-electron chi connectivity index (χ4n) is 7.23. The summed E-state index contributed by atoms with van der Waals surface area (Å²) >= 11 is 0.455. The maximum atomic E-state index is 15.0. The first-order valence-corrected chi connectivity index (χ1v) is 23.8. The molecule has 0 amide bonds. The first-order chi connectivity index (χ1) is 29.8. The summed E-state index contributed by atoms with van der Waals surface area (Å²) in [6.07, 6.45) is -8.14. The number of nitrogens with one attached hydrogen (secondary N) is 1. The highest BCUT2D eigenvalue weighted by molar-refractivity contribution is 8.55. The number of hydrogen-bond donors (Lipinski definition) is 4. The van der Waals surface area contributed by atoms with E-state index in [1.165, 1.54) is 35.2 Å². The molecule has 30 heteroatoms. The predicted molar refractivity (Wildman–Crippen MR) is 215 cm³/mol. The van der Waals surface area contributed by atoms with Crippen molar-refractivity contribution < 1.29 is 74.9 Å². The Kier molecular flexibility index (Phi) is 13.7. The van der Waals surface area contributed by atoms with E-state index in [0.29, 0.717) is 11.4 Å². The standard InChI is InChI=1S/C33H46N10O17P2S/c1-15(2)56-31(46)51-13-55-61(48)54-9-33(5)7-17(42-11-38-19-25(34)36-10-37-26(19)42)21(44)24(33)60-62(49,63-14-52-32(47)57-16(3)4)53-8-18-22(50-6)23(59-61)29(58-18)43-12-39-20-27(43)40-30(35)41-28(20)45/h10-12,15-18,21-24,29,44H,7-9,13-14H2,1-6H3,(H2,34,36,37)(H3,35,40,41,45)/t17-,18-,21+,22-,23-,24+,29-,33-,61?,62?/m1/s1. The lowest BCUT2D eigenvalue weighted by molar-refractivity contribution is -0.0733. The van der Waals surface area contributed by atoms with E-state index in [1.54, 1.807) is 34.6 Å². The molecule has 63 heavy (non-hydrogen) atoms. The summed E-state index contributed by atoms with van der Waals surface area (Å²) in [5.41, 5.74) is 10.0. The number of anilines is 2. The molecule has 2 saturated heterocycles.